The average molecular weight is 234 g/mol. The number of rotatable bonds is 2. The summed E-state index contributed by atoms with van der Waals surface area (Å²) in [5.74, 6) is 1.73. The molecule has 4 heteroatoms. The zero-order chi connectivity index (χ0) is 11.8. The second-order valence-electron chi connectivity index (χ2n) is 4.75. The fourth-order valence-electron chi connectivity index (χ4n) is 2.58. The van der Waals surface area contributed by atoms with Crippen LogP contribution in [-0.2, 0) is 0 Å². The molecule has 2 aliphatic heterocycles. The van der Waals surface area contributed by atoms with Crippen LogP contribution in [0, 0.1) is 6.92 Å². The van der Waals surface area contributed by atoms with Crippen molar-refractivity contribution >= 4 is 5.69 Å². The van der Waals surface area contributed by atoms with Crippen molar-refractivity contribution in [2.75, 3.05) is 31.8 Å². The topological polar surface area (TPSA) is 33.7 Å². The lowest BCUT2D eigenvalue weighted by atomic mass is 10.1. The van der Waals surface area contributed by atoms with Crippen LogP contribution in [0.25, 0.3) is 0 Å². The minimum Gasteiger partial charge on any atom is -0.454 e. The minimum absolute atomic E-state index is 0.340. The van der Waals surface area contributed by atoms with Crippen LogP contribution in [0.3, 0.4) is 0 Å². The van der Waals surface area contributed by atoms with Crippen molar-refractivity contribution in [2.24, 2.45) is 0 Å². The Morgan fingerprint density at radius 2 is 2.06 bits per heavy atom. The van der Waals surface area contributed by atoms with E-state index in [1.54, 1.807) is 0 Å². The molecule has 0 bridgehead atoms. The molecule has 0 radical (unpaired) electrons. The maximum Gasteiger partial charge on any atom is 0.231 e. The van der Waals surface area contributed by atoms with Crippen LogP contribution in [0.4, 0.5) is 5.69 Å². The van der Waals surface area contributed by atoms with E-state index in [1.165, 1.54) is 17.7 Å². The molecule has 2 heterocycles. The molecule has 0 aliphatic carbocycles. The van der Waals surface area contributed by atoms with Crippen molar-refractivity contribution in [3.05, 3.63) is 17.7 Å². The zero-order valence-electron chi connectivity index (χ0n) is 10.3. The van der Waals surface area contributed by atoms with Crippen molar-refractivity contribution in [3.63, 3.8) is 0 Å². The largest absolute Gasteiger partial charge is 0.454 e. The SMILES string of the molecule is Cc1cc2c(cc1N(C)C1CCNC1)OCO2. The third-order valence-corrected chi connectivity index (χ3v) is 3.65. The summed E-state index contributed by atoms with van der Waals surface area (Å²) in [7, 11) is 2.15. The van der Waals surface area contributed by atoms with E-state index >= 15 is 0 Å². The van der Waals surface area contributed by atoms with Crippen LogP contribution >= 0.6 is 0 Å². The predicted molar refractivity (Wildman–Crippen MR) is 67.0 cm³/mol. The average Bonchev–Trinajstić information content (AvgIpc) is 2.97. The van der Waals surface area contributed by atoms with Crippen LogP contribution < -0.4 is 19.7 Å². The predicted octanol–water partition coefficient (Wildman–Crippen LogP) is 1.52. The molecule has 4 nitrogen and oxygen atoms in total. The van der Waals surface area contributed by atoms with E-state index in [0.717, 1.165) is 24.6 Å². The molecule has 92 valence electrons. The third kappa shape index (κ3) is 1.82. The van der Waals surface area contributed by atoms with Gasteiger partial charge in [0.05, 0.1) is 0 Å². The Hall–Kier alpha value is -1.42. The molecule has 1 unspecified atom stereocenters. The first kappa shape index (κ1) is 10.7. The van der Waals surface area contributed by atoms with Crippen molar-refractivity contribution in [1.82, 2.24) is 5.32 Å². The van der Waals surface area contributed by atoms with E-state index < -0.39 is 0 Å². The van der Waals surface area contributed by atoms with Gasteiger partial charge in [-0.25, -0.2) is 0 Å². The van der Waals surface area contributed by atoms with E-state index in [9.17, 15) is 0 Å². The molecule has 1 fully saturated rings. The Bertz CT molecular complexity index is 428. The van der Waals surface area contributed by atoms with Gasteiger partial charge in [-0.3, -0.25) is 0 Å². The highest BCUT2D eigenvalue weighted by Crippen LogP contribution is 2.38. The molecular formula is C13H18N2O2. The number of anilines is 1. The molecule has 0 spiro atoms. The van der Waals surface area contributed by atoms with Gasteiger partial charge in [-0.15, -0.1) is 0 Å². The van der Waals surface area contributed by atoms with E-state index in [2.05, 4.69) is 36.3 Å². The molecule has 0 aromatic heterocycles. The minimum atomic E-state index is 0.340. The first-order chi connectivity index (χ1) is 8.25. The Labute approximate surface area is 102 Å². The highest BCUT2D eigenvalue weighted by Gasteiger charge is 2.23. The molecule has 1 N–H and O–H groups in total. The molecule has 1 atom stereocenters. The van der Waals surface area contributed by atoms with Gasteiger partial charge in [0.1, 0.15) is 0 Å². The molecule has 1 saturated heterocycles. The summed E-state index contributed by atoms with van der Waals surface area (Å²) < 4.78 is 10.8. The summed E-state index contributed by atoms with van der Waals surface area (Å²) in [5, 5.41) is 3.40. The van der Waals surface area contributed by atoms with Crippen LogP contribution in [0.1, 0.15) is 12.0 Å². The number of benzene rings is 1. The Balaban J connectivity index is 1.91. The van der Waals surface area contributed by atoms with Crippen LogP contribution in [0.5, 0.6) is 11.5 Å². The summed E-state index contributed by atoms with van der Waals surface area (Å²) in [6, 6.07) is 4.74. The van der Waals surface area contributed by atoms with Gasteiger partial charge < -0.3 is 19.7 Å². The molecule has 17 heavy (non-hydrogen) atoms. The smallest absolute Gasteiger partial charge is 0.231 e. The zero-order valence-corrected chi connectivity index (χ0v) is 10.3. The Morgan fingerprint density at radius 3 is 2.76 bits per heavy atom. The number of hydrogen-bond acceptors (Lipinski definition) is 4. The van der Waals surface area contributed by atoms with E-state index in [4.69, 9.17) is 9.47 Å². The molecule has 1 aromatic carbocycles. The number of likely N-dealkylation sites (N-methyl/N-ethyl adjacent to an activating group) is 1. The van der Waals surface area contributed by atoms with Gasteiger partial charge in [0.25, 0.3) is 0 Å². The maximum absolute atomic E-state index is 5.44. The van der Waals surface area contributed by atoms with Crippen LogP contribution in [0.15, 0.2) is 12.1 Å². The number of fused-ring (bicyclic) bond motifs is 1. The Kier molecular flexibility index (Phi) is 2.59. The van der Waals surface area contributed by atoms with Gasteiger partial charge in [-0.05, 0) is 31.5 Å². The van der Waals surface area contributed by atoms with Gasteiger partial charge in [0.2, 0.25) is 6.79 Å². The van der Waals surface area contributed by atoms with Gasteiger partial charge in [0.15, 0.2) is 11.5 Å². The summed E-state index contributed by atoms with van der Waals surface area (Å²) in [5.41, 5.74) is 2.48. The monoisotopic (exact) mass is 234 g/mol. The van der Waals surface area contributed by atoms with Gasteiger partial charge in [-0.2, -0.15) is 0 Å². The van der Waals surface area contributed by atoms with Crippen LogP contribution in [0.2, 0.25) is 0 Å². The molecular weight excluding hydrogens is 216 g/mol. The van der Waals surface area contributed by atoms with Crippen molar-refractivity contribution in [2.45, 2.75) is 19.4 Å². The molecule has 2 aliphatic rings. The van der Waals surface area contributed by atoms with Gasteiger partial charge in [-0.1, -0.05) is 0 Å². The van der Waals surface area contributed by atoms with Crippen molar-refractivity contribution in [3.8, 4) is 11.5 Å². The summed E-state index contributed by atoms with van der Waals surface area (Å²) in [6.45, 7) is 4.63. The lowest BCUT2D eigenvalue weighted by Gasteiger charge is -2.27. The highest BCUT2D eigenvalue weighted by atomic mass is 16.7. The summed E-state index contributed by atoms with van der Waals surface area (Å²) >= 11 is 0. The molecule has 3 rings (SSSR count). The fraction of sp³-hybridized carbons (Fsp3) is 0.538. The second kappa shape index (κ2) is 4.11. The first-order valence-electron chi connectivity index (χ1n) is 6.09. The number of hydrogen-bond donors (Lipinski definition) is 1. The van der Waals surface area contributed by atoms with Gasteiger partial charge in [0, 0.05) is 31.4 Å². The molecule has 0 amide bonds. The van der Waals surface area contributed by atoms with E-state index in [0.29, 0.717) is 12.8 Å². The lowest BCUT2D eigenvalue weighted by molar-refractivity contribution is 0.174. The fourth-order valence-corrected chi connectivity index (χ4v) is 2.58. The van der Waals surface area contributed by atoms with E-state index in [1.807, 2.05) is 0 Å². The third-order valence-electron chi connectivity index (χ3n) is 3.65. The molecule has 1 aromatic rings. The quantitative estimate of drug-likeness (QED) is 0.841. The second-order valence-corrected chi connectivity index (χ2v) is 4.75. The number of aryl methyl sites for hydroxylation is 1. The summed E-state index contributed by atoms with van der Waals surface area (Å²) in [4.78, 5) is 2.34. The van der Waals surface area contributed by atoms with Crippen molar-refractivity contribution < 1.29 is 9.47 Å². The first-order valence-corrected chi connectivity index (χ1v) is 6.09. The standard InChI is InChI=1S/C13H18N2O2/c1-9-5-12-13(17-8-16-12)6-11(9)15(2)10-3-4-14-7-10/h5-6,10,14H,3-4,7-8H2,1-2H3. The Morgan fingerprint density at radius 1 is 1.29 bits per heavy atom. The highest BCUT2D eigenvalue weighted by molar-refractivity contribution is 5.62. The normalized spacial score (nSPS) is 21.9. The number of nitrogens with one attached hydrogen (secondary N) is 1. The number of nitrogens with zero attached hydrogens (tertiary/aromatic N) is 1. The number of ether oxygens (including phenoxy) is 2. The van der Waals surface area contributed by atoms with Crippen LogP contribution in [-0.4, -0.2) is 33.0 Å². The summed E-state index contributed by atoms with van der Waals surface area (Å²) in [6.07, 6.45) is 1.20. The lowest BCUT2D eigenvalue weighted by Crippen LogP contribution is -2.33. The van der Waals surface area contributed by atoms with E-state index in [-0.39, 0.29) is 0 Å². The van der Waals surface area contributed by atoms with Gasteiger partial charge >= 0.3 is 0 Å². The molecule has 0 saturated carbocycles. The van der Waals surface area contributed by atoms with Crippen molar-refractivity contribution in [1.29, 1.82) is 0 Å². The maximum atomic E-state index is 5.44.